The minimum atomic E-state index is -4.36. The third kappa shape index (κ3) is 7.70. The van der Waals surface area contributed by atoms with Gasteiger partial charge in [-0.25, -0.2) is 19.7 Å². The Bertz CT molecular complexity index is 1940. The van der Waals surface area contributed by atoms with Gasteiger partial charge in [-0.3, -0.25) is 9.58 Å². The van der Waals surface area contributed by atoms with E-state index in [-0.39, 0.29) is 30.4 Å². The molecule has 2 aliphatic rings. The summed E-state index contributed by atoms with van der Waals surface area (Å²) in [7, 11) is 0. The zero-order valence-corrected chi connectivity index (χ0v) is 27.4. The molecule has 1 atom stereocenters. The van der Waals surface area contributed by atoms with Crippen LogP contribution in [0.4, 0.5) is 13.2 Å². The molecule has 0 N–H and O–H groups in total. The normalized spacial score (nSPS) is 17.6. The molecule has 1 aromatic carbocycles. The number of nitrogens with zero attached hydrogens (tertiary/aromatic N) is 7. The molecule has 0 radical (unpaired) electrons. The molecule has 258 valence electrons. The van der Waals surface area contributed by atoms with E-state index in [1.807, 2.05) is 38.1 Å². The van der Waals surface area contributed by atoms with E-state index < -0.39 is 18.7 Å². The van der Waals surface area contributed by atoms with Gasteiger partial charge in [-0.1, -0.05) is 18.2 Å². The van der Waals surface area contributed by atoms with Crippen LogP contribution >= 0.6 is 0 Å². The summed E-state index contributed by atoms with van der Waals surface area (Å²) in [5, 5.41) is 4.53. The van der Waals surface area contributed by atoms with Crippen molar-refractivity contribution in [1.29, 1.82) is 0 Å². The average molecular weight is 678 g/mol. The van der Waals surface area contributed by atoms with E-state index in [0.717, 1.165) is 66.2 Å². The van der Waals surface area contributed by atoms with Gasteiger partial charge in [0.05, 0.1) is 37.0 Å². The first-order valence-electron chi connectivity index (χ1n) is 16.6. The lowest BCUT2D eigenvalue weighted by Gasteiger charge is -2.32. The van der Waals surface area contributed by atoms with E-state index in [9.17, 15) is 18.0 Å². The number of halogens is 3. The fourth-order valence-electron chi connectivity index (χ4n) is 6.37. The zero-order valence-electron chi connectivity index (χ0n) is 27.4. The maximum absolute atomic E-state index is 13.0. The van der Waals surface area contributed by atoms with Crippen molar-refractivity contribution in [2.24, 2.45) is 0 Å². The van der Waals surface area contributed by atoms with Crippen LogP contribution in [0.5, 0.6) is 5.88 Å². The highest BCUT2D eigenvalue weighted by Gasteiger charge is 2.30. The molecule has 2 saturated heterocycles. The largest absolute Gasteiger partial charge is 0.473 e. The van der Waals surface area contributed by atoms with Gasteiger partial charge in [0.1, 0.15) is 24.5 Å². The van der Waals surface area contributed by atoms with E-state index in [4.69, 9.17) is 24.2 Å². The molecule has 49 heavy (non-hydrogen) atoms. The number of alkyl halides is 3. The van der Waals surface area contributed by atoms with E-state index in [2.05, 4.69) is 19.5 Å². The predicted octanol–water partition coefficient (Wildman–Crippen LogP) is 6.05. The number of fused-ring (bicyclic) bond motifs is 2. The van der Waals surface area contributed by atoms with Crippen molar-refractivity contribution in [3.8, 4) is 5.88 Å². The molecule has 0 saturated carbocycles. The standard InChI is InChI=1S/C35H38F3N7O4/c1-22(2)49-34(46)29-9-8-28-33(42-29)44(18-26-12-15-47-26)31(40-28)19-43-13-10-24(11-14-43)27-4-3-5-32(41-27)48-20-23-6-7-25-17-39-45(30(25)16-23)21-35(36,37)38/h3-9,16-17,22,24,26H,10-15,18-21H2,1-2H3/t26-/m0/s1. The van der Waals surface area contributed by atoms with Crippen LogP contribution in [0.1, 0.15) is 66.6 Å². The number of carbonyl (C=O) groups excluding carboxylic acids is 1. The lowest BCUT2D eigenvalue weighted by atomic mass is 9.93. The zero-order chi connectivity index (χ0) is 34.1. The van der Waals surface area contributed by atoms with Gasteiger partial charge in [-0.2, -0.15) is 18.3 Å². The van der Waals surface area contributed by atoms with Crippen LogP contribution in [0.25, 0.3) is 22.1 Å². The summed E-state index contributed by atoms with van der Waals surface area (Å²) < 4.78 is 59.1. The highest BCUT2D eigenvalue weighted by molar-refractivity contribution is 5.90. The first-order chi connectivity index (χ1) is 23.6. The quantitative estimate of drug-likeness (QED) is 0.154. The number of likely N-dealkylation sites (tertiary alicyclic amines) is 1. The number of hydrogen-bond donors (Lipinski definition) is 0. The van der Waals surface area contributed by atoms with E-state index in [1.165, 1.54) is 6.20 Å². The Kier molecular flexibility index (Phi) is 9.25. The predicted molar refractivity (Wildman–Crippen MR) is 174 cm³/mol. The molecule has 5 aromatic rings. The number of pyridine rings is 2. The molecule has 0 amide bonds. The molecular weight excluding hydrogens is 639 g/mol. The van der Waals surface area contributed by atoms with E-state index in [1.54, 1.807) is 24.3 Å². The van der Waals surface area contributed by atoms with Crippen LogP contribution in [0.3, 0.4) is 0 Å². The van der Waals surface area contributed by atoms with Crippen LogP contribution in [-0.2, 0) is 35.7 Å². The van der Waals surface area contributed by atoms with E-state index >= 15 is 0 Å². The molecule has 2 aliphatic heterocycles. The van der Waals surface area contributed by atoms with Gasteiger partial charge < -0.3 is 18.8 Å². The summed E-state index contributed by atoms with van der Waals surface area (Å²) in [5.74, 6) is 1.16. The van der Waals surface area contributed by atoms with Crippen LogP contribution in [0, 0.1) is 0 Å². The Morgan fingerprint density at radius 2 is 1.86 bits per heavy atom. The summed E-state index contributed by atoms with van der Waals surface area (Å²) >= 11 is 0. The number of imidazole rings is 1. The summed E-state index contributed by atoms with van der Waals surface area (Å²) in [6.07, 6.45) is -0.284. The van der Waals surface area contributed by atoms with Crippen molar-refractivity contribution in [3.63, 3.8) is 0 Å². The smallest absolute Gasteiger partial charge is 0.408 e. The topological polar surface area (TPSA) is 109 Å². The van der Waals surface area contributed by atoms with Crippen molar-refractivity contribution in [3.05, 3.63) is 77.5 Å². The highest BCUT2D eigenvalue weighted by Crippen LogP contribution is 2.30. The number of rotatable bonds is 11. The van der Waals surface area contributed by atoms with Gasteiger partial charge in [-0.05, 0) is 76.0 Å². The second-order valence-corrected chi connectivity index (χ2v) is 13.0. The molecule has 11 nitrogen and oxygen atoms in total. The Morgan fingerprint density at radius 3 is 2.59 bits per heavy atom. The SMILES string of the molecule is CC(C)OC(=O)c1ccc2nc(CN3CCC(c4cccc(OCc5ccc6cnn(CC(F)(F)F)c6c5)n4)CC3)n(C[C@@H]3CCO3)c2n1. The summed E-state index contributed by atoms with van der Waals surface area (Å²) in [4.78, 5) is 29.3. The highest BCUT2D eigenvalue weighted by atomic mass is 19.4. The number of benzene rings is 1. The third-order valence-corrected chi connectivity index (χ3v) is 8.94. The lowest BCUT2D eigenvalue weighted by molar-refractivity contribution is -0.141. The first kappa shape index (κ1) is 33.0. The number of esters is 1. The van der Waals surface area contributed by atoms with Crippen molar-refractivity contribution in [2.45, 2.75) is 83.7 Å². The fraction of sp³-hybridized carbons (Fsp3) is 0.457. The van der Waals surface area contributed by atoms with E-state index in [0.29, 0.717) is 35.5 Å². The van der Waals surface area contributed by atoms with Crippen LogP contribution in [-0.4, -0.2) is 78.2 Å². The van der Waals surface area contributed by atoms with Crippen LogP contribution in [0.15, 0.2) is 54.7 Å². The van der Waals surface area contributed by atoms with Crippen LogP contribution in [0.2, 0.25) is 0 Å². The van der Waals surface area contributed by atoms with Crippen LogP contribution < -0.4 is 4.74 Å². The maximum Gasteiger partial charge on any atom is 0.408 e. The van der Waals surface area contributed by atoms with Gasteiger partial charge in [-0.15, -0.1) is 0 Å². The number of hydrogen-bond acceptors (Lipinski definition) is 9. The molecule has 7 rings (SSSR count). The molecule has 0 bridgehead atoms. The molecule has 14 heteroatoms. The summed E-state index contributed by atoms with van der Waals surface area (Å²) in [6.45, 7) is 6.36. The first-order valence-corrected chi connectivity index (χ1v) is 16.6. The average Bonchev–Trinajstić information content (AvgIpc) is 3.60. The van der Waals surface area contributed by atoms with Crippen molar-refractivity contribution < 1.29 is 32.2 Å². The maximum atomic E-state index is 13.0. The number of aromatic nitrogens is 6. The van der Waals surface area contributed by atoms with Gasteiger partial charge in [0.25, 0.3) is 0 Å². The molecule has 4 aromatic heterocycles. The number of ether oxygens (including phenoxy) is 3. The Morgan fingerprint density at radius 1 is 1.04 bits per heavy atom. The molecule has 2 fully saturated rings. The second kappa shape index (κ2) is 13.7. The van der Waals surface area contributed by atoms with Gasteiger partial charge in [0.2, 0.25) is 5.88 Å². The Labute approximate surface area is 281 Å². The van der Waals surface area contributed by atoms with Crippen molar-refractivity contribution >= 4 is 28.0 Å². The molecular formula is C35H38F3N7O4. The minimum Gasteiger partial charge on any atom is -0.473 e. The summed E-state index contributed by atoms with van der Waals surface area (Å²) in [6, 6.07) is 14.5. The monoisotopic (exact) mass is 677 g/mol. The molecule has 0 aliphatic carbocycles. The van der Waals surface area contributed by atoms with Crippen molar-refractivity contribution in [2.75, 3.05) is 19.7 Å². The molecule has 0 spiro atoms. The Hall–Kier alpha value is -4.56. The molecule has 6 heterocycles. The van der Waals surface area contributed by atoms with Crippen molar-refractivity contribution in [1.82, 2.24) is 34.2 Å². The summed E-state index contributed by atoms with van der Waals surface area (Å²) in [5.41, 5.74) is 3.75. The second-order valence-electron chi connectivity index (χ2n) is 13.0. The van der Waals surface area contributed by atoms with Gasteiger partial charge >= 0.3 is 12.1 Å². The van der Waals surface area contributed by atoms with Gasteiger partial charge in [0, 0.05) is 29.7 Å². The Balaban J connectivity index is 0.990. The fourth-order valence-corrected chi connectivity index (χ4v) is 6.37. The van der Waals surface area contributed by atoms with Gasteiger partial charge in [0.15, 0.2) is 11.3 Å². The third-order valence-electron chi connectivity index (χ3n) is 8.94. The minimum absolute atomic E-state index is 0.0938. The lowest BCUT2D eigenvalue weighted by Crippen LogP contribution is -2.35. The number of carbonyl (C=O) groups is 1. The number of piperidine rings is 1. The molecule has 0 unspecified atom stereocenters.